The summed E-state index contributed by atoms with van der Waals surface area (Å²) in [4.78, 5) is 0. The van der Waals surface area contributed by atoms with Gasteiger partial charge in [-0.15, -0.1) is 0 Å². The standard InChI is InChI=1S/C13H21NS/c15-9-4-2-1-3-8-14-10-12-6-5-7-13(12)11-14/h10-11,15H,1-9H2. The molecule has 0 amide bonds. The highest BCUT2D eigenvalue weighted by molar-refractivity contribution is 7.80. The van der Waals surface area contributed by atoms with Crippen molar-refractivity contribution in [3.8, 4) is 0 Å². The summed E-state index contributed by atoms with van der Waals surface area (Å²) in [7, 11) is 0. The Labute approximate surface area is 98.3 Å². The average Bonchev–Trinajstić information content (AvgIpc) is 2.77. The van der Waals surface area contributed by atoms with Crippen LogP contribution in [0.4, 0.5) is 0 Å². The highest BCUT2D eigenvalue weighted by Crippen LogP contribution is 2.22. The fourth-order valence-electron chi connectivity index (χ4n) is 2.41. The zero-order valence-electron chi connectivity index (χ0n) is 9.41. The molecule has 0 radical (unpaired) electrons. The number of aryl methyl sites for hydroxylation is 3. The van der Waals surface area contributed by atoms with Crippen LogP contribution in [-0.2, 0) is 19.4 Å². The largest absolute Gasteiger partial charge is 0.354 e. The molecule has 84 valence electrons. The minimum Gasteiger partial charge on any atom is -0.354 e. The van der Waals surface area contributed by atoms with Crippen molar-refractivity contribution in [1.29, 1.82) is 0 Å². The summed E-state index contributed by atoms with van der Waals surface area (Å²) >= 11 is 4.22. The van der Waals surface area contributed by atoms with Gasteiger partial charge in [0.2, 0.25) is 0 Å². The third-order valence-electron chi connectivity index (χ3n) is 3.27. The summed E-state index contributed by atoms with van der Waals surface area (Å²) in [5.41, 5.74) is 3.20. The van der Waals surface area contributed by atoms with Gasteiger partial charge in [-0.1, -0.05) is 12.8 Å². The molecule has 15 heavy (non-hydrogen) atoms. The molecule has 2 rings (SSSR count). The van der Waals surface area contributed by atoms with E-state index < -0.39 is 0 Å². The van der Waals surface area contributed by atoms with Crippen molar-refractivity contribution in [1.82, 2.24) is 4.57 Å². The van der Waals surface area contributed by atoms with Gasteiger partial charge in [0.05, 0.1) is 0 Å². The molecule has 0 unspecified atom stereocenters. The molecule has 0 saturated carbocycles. The molecule has 0 saturated heterocycles. The van der Waals surface area contributed by atoms with Crippen LogP contribution >= 0.6 is 12.6 Å². The van der Waals surface area contributed by atoms with Gasteiger partial charge < -0.3 is 4.57 Å². The Kier molecular flexibility index (Phi) is 4.18. The number of unbranched alkanes of at least 4 members (excludes halogenated alkanes) is 3. The van der Waals surface area contributed by atoms with Crippen molar-refractivity contribution in [2.75, 3.05) is 5.75 Å². The molecule has 0 atom stereocenters. The molecule has 1 aliphatic carbocycles. The number of nitrogens with zero attached hydrogens (tertiary/aromatic N) is 1. The van der Waals surface area contributed by atoms with Crippen LogP contribution < -0.4 is 0 Å². The molecule has 1 aromatic heterocycles. The summed E-state index contributed by atoms with van der Waals surface area (Å²) in [6.07, 6.45) is 14.0. The lowest BCUT2D eigenvalue weighted by atomic mass is 10.2. The van der Waals surface area contributed by atoms with Gasteiger partial charge in [0.1, 0.15) is 0 Å². The Morgan fingerprint density at radius 3 is 2.33 bits per heavy atom. The Morgan fingerprint density at radius 2 is 1.67 bits per heavy atom. The number of fused-ring (bicyclic) bond motifs is 1. The lowest BCUT2D eigenvalue weighted by molar-refractivity contribution is 0.583. The summed E-state index contributed by atoms with van der Waals surface area (Å²) in [5, 5.41) is 0. The Bertz CT molecular complexity index is 282. The average molecular weight is 223 g/mol. The molecule has 0 bridgehead atoms. The predicted octanol–water partition coefficient (Wildman–Crippen LogP) is 3.47. The van der Waals surface area contributed by atoms with Crippen molar-refractivity contribution < 1.29 is 0 Å². The van der Waals surface area contributed by atoms with Gasteiger partial charge in [-0.05, 0) is 49.0 Å². The molecular formula is C13H21NS. The van der Waals surface area contributed by atoms with Gasteiger partial charge in [-0.3, -0.25) is 0 Å². The lowest BCUT2D eigenvalue weighted by Crippen LogP contribution is -1.95. The zero-order chi connectivity index (χ0) is 10.5. The molecule has 1 nitrogen and oxygen atoms in total. The number of rotatable bonds is 6. The highest BCUT2D eigenvalue weighted by Gasteiger charge is 2.12. The van der Waals surface area contributed by atoms with Crippen LogP contribution in [0.25, 0.3) is 0 Å². The fourth-order valence-corrected chi connectivity index (χ4v) is 2.64. The van der Waals surface area contributed by atoms with Crippen LogP contribution in [0, 0.1) is 0 Å². The molecule has 2 heteroatoms. The predicted molar refractivity (Wildman–Crippen MR) is 68.8 cm³/mol. The molecule has 1 heterocycles. The monoisotopic (exact) mass is 223 g/mol. The number of hydrogen-bond acceptors (Lipinski definition) is 1. The molecule has 0 spiro atoms. The molecule has 0 N–H and O–H groups in total. The maximum Gasteiger partial charge on any atom is 0.0219 e. The second-order valence-electron chi connectivity index (χ2n) is 4.54. The maximum atomic E-state index is 4.22. The molecule has 0 aromatic carbocycles. The fraction of sp³-hybridized carbons (Fsp3) is 0.692. The normalized spacial score (nSPS) is 14.5. The van der Waals surface area contributed by atoms with Crippen LogP contribution in [0.15, 0.2) is 12.4 Å². The van der Waals surface area contributed by atoms with Crippen molar-refractivity contribution in [3.05, 3.63) is 23.5 Å². The first-order valence-electron chi connectivity index (χ1n) is 6.18. The van der Waals surface area contributed by atoms with E-state index in [4.69, 9.17) is 0 Å². The Hall–Kier alpha value is -0.370. The van der Waals surface area contributed by atoms with Gasteiger partial charge in [0, 0.05) is 18.9 Å². The van der Waals surface area contributed by atoms with Crippen molar-refractivity contribution in [2.45, 2.75) is 51.5 Å². The number of aromatic nitrogens is 1. The van der Waals surface area contributed by atoms with Gasteiger partial charge in [0.25, 0.3) is 0 Å². The van der Waals surface area contributed by atoms with Gasteiger partial charge in [0.15, 0.2) is 0 Å². The first-order chi connectivity index (χ1) is 7.40. The third-order valence-corrected chi connectivity index (χ3v) is 3.59. The van der Waals surface area contributed by atoms with Crippen molar-refractivity contribution in [2.24, 2.45) is 0 Å². The van der Waals surface area contributed by atoms with E-state index >= 15 is 0 Å². The van der Waals surface area contributed by atoms with Crippen LogP contribution in [0.2, 0.25) is 0 Å². The van der Waals surface area contributed by atoms with Crippen molar-refractivity contribution in [3.63, 3.8) is 0 Å². The van der Waals surface area contributed by atoms with E-state index in [2.05, 4.69) is 29.6 Å². The van der Waals surface area contributed by atoms with Crippen LogP contribution in [-0.4, -0.2) is 10.3 Å². The van der Waals surface area contributed by atoms with Gasteiger partial charge in [-0.25, -0.2) is 0 Å². The van der Waals surface area contributed by atoms with Crippen molar-refractivity contribution >= 4 is 12.6 Å². The maximum absolute atomic E-state index is 4.22. The number of thiol groups is 1. The van der Waals surface area contributed by atoms with Gasteiger partial charge >= 0.3 is 0 Å². The third kappa shape index (κ3) is 3.04. The SMILES string of the molecule is SCCCCCCn1cc2c(c1)CCC2. The summed E-state index contributed by atoms with van der Waals surface area (Å²) in [6.45, 7) is 1.21. The number of hydrogen-bond donors (Lipinski definition) is 1. The summed E-state index contributed by atoms with van der Waals surface area (Å²) < 4.78 is 2.39. The highest BCUT2D eigenvalue weighted by atomic mass is 32.1. The Balaban J connectivity index is 1.70. The van der Waals surface area contributed by atoms with Gasteiger partial charge in [-0.2, -0.15) is 12.6 Å². The molecular weight excluding hydrogens is 202 g/mol. The van der Waals surface area contributed by atoms with E-state index in [1.165, 1.54) is 51.5 Å². The molecule has 0 aliphatic heterocycles. The zero-order valence-corrected chi connectivity index (χ0v) is 10.3. The van der Waals surface area contributed by atoms with E-state index in [1.54, 1.807) is 11.1 Å². The quantitative estimate of drug-likeness (QED) is 0.556. The molecule has 1 aromatic rings. The van der Waals surface area contributed by atoms with E-state index in [0.29, 0.717) is 0 Å². The van der Waals surface area contributed by atoms with Crippen LogP contribution in [0.1, 0.15) is 43.2 Å². The topological polar surface area (TPSA) is 4.93 Å². The molecule has 0 fully saturated rings. The Morgan fingerprint density at radius 1 is 1.00 bits per heavy atom. The van der Waals surface area contributed by atoms with Crippen LogP contribution in [0.5, 0.6) is 0 Å². The minimum atomic E-state index is 1.04. The smallest absolute Gasteiger partial charge is 0.0219 e. The second-order valence-corrected chi connectivity index (χ2v) is 4.99. The lowest BCUT2D eigenvalue weighted by Gasteiger charge is -2.02. The van der Waals surface area contributed by atoms with Crippen LogP contribution in [0.3, 0.4) is 0 Å². The second kappa shape index (κ2) is 5.64. The summed E-state index contributed by atoms with van der Waals surface area (Å²) in [5.74, 6) is 1.04. The molecule has 1 aliphatic rings. The first kappa shape index (κ1) is 11.1. The van der Waals surface area contributed by atoms with E-state index in [9.17, 15) is 0 Å². The summed E-state index contributed by atoms with van der Waals surface area (Å²) in [6, 6.07) is 0. The van der Waals surface area contributed by atoms with E-state index in [1.807, 2.05) is 0 Å². The minimum absolute atomic E-state index is 1.04. The first-order valence-corrected chi connectivity index (χ1v) is 6.82. The van der Waals surface area contributed by atoms with E-state index in [0.717, 1.165) is 5.75 Å². The van der Waals surface area contributed by atoms with E-state index in [-0.39, 0.29) is 0 Å².